The minimum Gasteiger partial charge on any atom is -0.227 e. The van der Waals surface area contributed by atoms with Gasteiger partial charge in [-0.15, -0.1) is 0 Å². The first-order valence-electron chi connectivity index (χ1n) is 5.87. The smallest absolute Gasteiger partial charge is 0.210 e. The molecular weight excluding hydrogens is 320 g/mol. The van der Waals surface area contributed by atoms with Crippen LogP contribution in [0.4, 0.5) is 5.13 Å². The zero-order chi connectivity index (χ0) is 13.2. The highest BCUT2D eigenvalue weighted by molar-refractivity contribution is 9.10. The first kappa shape index (κ1) is 12.5. The summed E-state index contributed by atoms with van der Waals surface area (Å²) in [4.78, 5) is 8.94. The fourth-order valence-electron chi connectivity index (χ4n) is 1.75. The SMILES string of the molecule is Cc1ccc2nc(/N=C/c3ccc(Br)cc3)sc2c1. The van der Waals surface area contributed by atoms with Crippen molar-refractivity contribution in [2.45, 2.75) is 6.92 Å². The van der Waals surface area contributed by atoms with E-state index in [1.165, 1.54) is 10.3 Å². The summed E-state index contributed by atoms with van der Waals surface area (Å²) in [5.41, 5.74) is 3.33. The Morgan fingerprint density at radius 3 is 2.74 bits per heavy atom. The third kappa shape index (κ3) is 2.91. The van der Waals surface area contributed by atoms with E-state index in [0.717, 1.165) is 20.7 Å². The summed E-state index contributed by atoms with van der Waals surface area (Å²) in [6.07, 6.45) is 1.84. The minimum absolute atomic E-state index is 0.795. The molecule has 2 aromatic carbocycles. The summed E-state index contributed by atoms with van der Waals surface area (Å²) in [6.45, 7) is 2.09. The largest absolute Gasteiger partial charge is 0.227 e. The van der Waals surface area contributed by atoms with Crippen LogP contribution in [0.3, 0.4) is 0 Å². The van der Waals surface area contributed by atoms with E-state index in [9.17, 15) is 0 Å². The third-order valence-corrected chi connectivity index (χ3v) is 4.18. The number of aliphatic imine (C=N–C) groups is 1. The maximum absolute atomic E-state index is 4.50. The highest BCUT2D eigenvalue weighted by atomic mass is 79.9. The number of nitrogens with zero attached hydrogens (tertiary/aromatic N) is 2. The molecule has 2 nitrogen and oxygen atoms in total. The van der Waals surface area contributed by atoms with Crippen molar-refractivity contribution in [3.8, 4) is 0 Å². The Kier molecular flexibility index (Phi) is 3.44. The molecule has 0 saturated carbocycles. The summed E-state index contributed by atoms with van der Waals surface area (Å²) < 4.78 is 2.25. The molecule has 3 rings (SSSR count). The first-order valence-corrected chi connectivity index (χ1v) is 7.48. The number of hydrogen-bond acceptors (Lipinski definition) is 3. The third-order valence-electron chi connectivity index (χ3n) is 2.73. The number of hydrogen-bond donors (Lipinski definition) is 0. The second kappa shape index (κ2) is 5.23. The fraction of sp³-hybridized carbons (Fsp3) is 0.0667. The number of rotatable bonds is 2. The summed E-state index contributed by atoms with van der Waals surface area (Å²) in [5, 5.41) is 0.795. The average molecular weight is 331 g/mol. The van der Waals surface area contributed by atoms with Gasteiger partial charge in [0.15, 0.2) is 0 Å². The number of aromatic nitrogens is 1. The summed E-state index contributed by atoms with van der Waals surface area (Å²) in [6, 6.07) is 14.3. The second-order valence-electron chi connectivity index (χ2n) is 4.28. The van der Waals surface area contributed by atoms with Crippen LogP contribution < -0.4 is 0 Å². The predicted molar refractivity (Wildman–Crippen MR) is 85.8 cm³/mol. The predicted octanol–water partition coefficient (Wildman–Crippen LogP) is 5.12. The molecule has 0 radical (unpaired) electrons. The number of benzene rings is 2. The van der Waals surface area contributed by atoms with Crippen LogP contribution in [0.2, 0.25) is 0 Å². The molecule has 0 N–H and O–H groups in total. The van der Waals surface area contributed by atoms with Crippen molar-refractivity contribution in [3.63, 3.8) is 0 Å². The van der Waals surface area contributed by atoms with E-state index >= 15 is 0 Å². The summed E-state index contributed by atoms with van der Waals surface area (Å²) >= 11 is 5.03. The second-order valence-corrected chi connectivity index (χ2v) is 6.20. The maximum atomic E-state index is 4.50. The highest BCUT2D eigenvalue weighted by Gasteiger charge is 2.01. The van der Waals surface area contributed by atoms with Crippen LogP contribution in [0, 0.1) is 6.92 Å². The molecule has 0 spiro atoms. The van der Waals surface area contributed by atoms with Gasteiger partial charge in [-0.2, -0.15) is 0 Å². The van der Waals surface area contributed by atoms with Gasteiger partial charge in [-0.25, -0.2) is 9.98 Å². The van der Waals surface area contributed by atoms with Crippen LogP contribution in [0.15, 0.2) is 51.9 Å². The van der Waals surface area contributed by atoms with E-state index < -0.39 is 0 Å². The Balaban J connectivity index is 1.90. The molecule has 1 heterocycles. The Morgan fingerprint density at radius 2 is 1.95 bits per heavy atom. The summed E-state index contributed by atoms with van der Waals surface area (Å²) in [5.74, 6) is 0. The molecule has 94 valence electrons. The standard InChI is InChI=1S/C15H11BrN2S/c1-10-2-7-13-14(8-10)19-15(18-13)17-9-11-3-5-12(16)6-4-11/h2-9H,1H3/b17-9+. The molecule has 1 aromatic heterocycles. The van der Waals surface area contributed by atoms with Crippen molar-refractivity contribution < 1.29 is 0 Å². The number of thiazole rings is 1. The molecule has 4 heteroatoms. The van der Waals surface area contributed by atoms with Crippen LogP contribution in [-0.4, -0.2) is 11.2 Å². The number of aryl methyl sites for hydroxylation is 1. The van der Waals surface area contributed by atoms with Gasteiger partial charge in [0, 0.05) is 10.7 Å². The molecular formula is C15H11BrN2S. The van der Waals surface area contributed by atoms with Crippen molar-refractivity contribution >= 4 is 48.8 Å². The van der Waals surface area contributed by atoms with Crippen LogP contribution in [0.1, 0.15) is 11.1 Å². The zero-order valence-corrected chi connectivity index (χ0v) is 12.7. The van der Waals surface area contributed by atoms with Crippen LogP contribution in [0.25, 0.3) is 10.2 Å². The van der Waals surface area contributed by atoms with E-state index in [1.54, 1.807) is 11.3 Å². The minimum atomic E-state index is 0.795. The molecule has 0 saturated heterocycles. The maximum Gasteiger partial charge on any atom is 0.210 e. The molecule has 0 aliphatic rings. The number of halogens is 1. The average Bonchev–Trinajstić information content (AvgIpc) is 2.80. The van der Waals surface area contributed by atoms with Crippen molar-refractivity contribution in [2.24, 2.45) is 4.99 Å². The lowest BCUT2D eigenvalue weighted by molar-refractivity contribution is 1.40. The van der Waals surface area contributed by atoms with Gasteiger partial charge >= 0.3 is 0 Å². The van der Waals surface area contributed by atoms with Gasteiger partial charge in [-0.1, -0.05) is 45.5 Å². The molecule has 0 bridgehead atoms. The van der Waals surface area contributed by atoms with Crippen LogP contribution >= 0.6 is 27.3 Å². The van der Waals surface area contributed by atoms with Gasteiger partial charge in [0.2, 0.25) is 5.13 Å². The molecule has 0 aliphatic heterocycles. The summed E-state index contributed by atoms with van der Waals surface area (Å²) in [7, 11) is 0. The number of fused-ring (bicyclic) bond motifs is 1. The molecule has 0 unspecified atom stereocenters. The van der Waals surface area contributed by atoms with Gasteiger partial charge in [-0.3, -0.25) is 0 Å². The van der Waals surface area contributed by atoms with Crippen molar-refractivity contribution in [3.05, 3.63) is 58.1 Å². The molecule has 0 atom stereocenters. The molecule has 0 aliphatic carbocycles. The normalized spacial score (nSPS) is 11.5. The lowest BCUT2D eigenvalue weighted by Crippen LogP contribution is -1.78. The van der Waals surface area contributed by atoms with Gasteiger partial charge in [0.05, 0.1) is 10.2 Å². The van der Waals surface area contributed by atoms with Gasteiger partial charge in [-0.05, 0) is 42.3 Å². The Labute approximate surface area is 124 Å². The van der Waals surface area contributed by atoms with Gasteiger partial charge in [0.25, 0.3) is 0 Å². The van der Waals surface area contributed by atoms with Crippen molar-refractivity contribution in [1.29, 1.82) is 0 Å². The monoisotopic (exact) mass is 330 g/mol. The lowest BCUT2D eigenvalue weighted by atomic mass is 10.2. The molecule has 0 fully saturated rings. The highest BCUT2D eigenvalue weighted by Crippen LogP contribution is 2.28. The Morgan fingerprint density at radius 1 is 1.16 bits per heavy atom. The van der Waals surface area contributed by atoms with Crippen molar-refractivity contribution in [2.75, 3.05) is 0 Å². The molecule has 0 amide bonds. The van der Waals surface area contributed by atoms with E-state index in [2.05, 4.69) is 45.0 Å². The van der Waals surface area contributed by atoms with E-state index in [1.807, 2.05) is 36.5 Å². The quantitative estimate of drug-likeness (QED) is 0.599. The van der Waals surface area contributed by atoms with Crippen molar-refractivity contribution in [1.82, 2.24) is 4.98 Å². The van der Waals surface area contributed by atoms with E-state index in [0.29, 0.717) is 0 Å². The molecule has 3 aromatic rings. The lowest BCUT2D eigenvalue weighted by Gasteiger charge is -1.91. The van der Waals surface area contributed by atoms with E-state index in [-0.39, 0.29) is 0 Å². The van der Waals surface area contributed by atoms with Crippen LogP contribution in [-0.2, 0) is 0 Å². The topological polar surface area (TPSA) is 25.2 Å². The first-order chi connectivity index (χ1) is 9.20. The Hall–Kier alpha value is -1.52. The van der Waals surface area contributed by atoms with Gasteiger partial charge in [0.1, 0.15) is 0 Å². The fourth-order valence-corrected chi connectivity index (χ4v) is 2.93. The Bertz CT molecular complexity index is 744. The van der Waals surface area contributed by atoms with E-state index in [4.69, 9.17) is 0 Å². The van der Waals surface area contributed by atoms with Gasteiger partial charge < -0.3 is 0 Å². The van der Waals surface area contributed by atoms with Crippen LogP contribution in [0.5, 0.6) is 0 Å². The zero-order valence-electron chi connectivity index (χ0n) is 10.3. The molecule has 19 heavy (non-hydrogen) atoms.